The third-order valence-corrected chi connectivity index (χ3v) is 8.35. The van der Waals surface area contributed by atoms with Crippen molar-refractivity contribution in [2.75, 3.05) is 36.1 Å². The molecule has 0 atom stereocenters. The van der Waals surface area contributed by atoms with E-state index < -0.39 is 5.82 Å². The fraction of sp³-hybridized carbons (Fsp3) is 0.278. The minimum Gasteiger partial charge on any atom is -0.367 e. The first kappa shape index (κ1) is 32.3. The second kappa shape index (κ2) is 14.8. The van der Waals surface area contributed by atoms with Gasteiger partial charge in [-0.15, -0.1) is 0 Å². The van der Waals surface area contributed by atoms with Gasteiger partial charge in [-0.2, -0.15) is 5.26 Å². The molecular weight excluding hydrogens is 588 g/mol. The molecule has 4 aromatic carbocycles. The normalized spacial score (nSPS) is 13.3. The van der Waals surface area contributed by atoms with Gasteiger partial charge in [0.15, 0.2) is 0 Å². The second-order valence-electron chi connectivity index (χ2n) is 11.5. The highest BCUT2D eigenvalue weighted by atomic mass is 19.1. The lowest BCUT2D eigenvalue weighted by atomic mass is 9.94. The van der Waals surface area contributed by atoms with Crippen LogP contribution in [0.1, 0.15) is 47.1 Å². The van der Waals surface area contributed by atoms with Crippen LogP contribution in [-0.2, 0) is 27.3 Å². The Morgan fingerprint density at radius 2 is 1.76 bits per heavy atom. The number of amides is 2. The molecule has 0 unspecified atom stereocenters. The molecule has 5 rings (SSSR count). The number of halogens is 2. The van der Waals surface area contributed by atoms with Gasteiger partial charge in [-0.25, -0.2) is 13.8 Å². The highest BCUT2D eigenvalue weighted by Crippen LogP contribution is 2.33. The summed E-state index contributed by atoms with van der Waals surface area (Å²) in [5.74, 6) is -1.08. The van der Waals surface area contributed by atoms with Crippen LogP contribution in [0.4, 0.5) is 20.2 Å². The summed E-state index contributed by atoms with van der Waals surface area (Å²) in [6.45, 7) is 5.12. The quantitative estimate of drug-likeness (QED) is 0.126. The van der Waals surface area contributed by atoms with E-state index in [0.717, 1.165) is 38.8 Å². The molecule has 0 bridgehead atoms. The van der Waals surface area contributed by atoms with E-state index in [-0.39, 0.29) is 24.6 Å². The number of carbonyl (C=O) groups excluding carboxylic acids is 3. The number of hydrazine groups is 1. The number of anilines is 2. The maximum atomic E-state index is 15.5. The number of fused-ring (bicyclic) bond motifs is 1. The van der Waals surface area contributed by atoms with E-state index in [1.54, 1.807) is 30.3 Å². The van der Waals surface area contributed by atoms with Crippen molar-refractivity contribution in [3.05, 3.63) is 106 Å². The molecule has 4 aromatic rings. The van der Waals surface area contributed by atoms with Crippen molar-refractivity contribution in [1.82, 2.24) is 10.3 Å². The van der Waals surface area contributed by atoms with Crippen molar-refractivity contribution in [3.8, 4) is 6.07 Å². The summed E-state index contributed by atoms with van der Waals surface area (Å²) < 4.78 is 30.0. The highest BCUT2D eigenvalue weighted by molar-refractivity contribution is 6.03. The van der Waals surface area contributed by atoms with Gasteiger partial charge in [0.25, 0.3) is 0 Å². The Hall–Kier alpha value is -5.14. The summed E-state index contributed by atoms with van der Waals surface area (Å²) in [5, 5.41) is 11.8. The molecule has 8 nitrogen and oxygen atoms in total. The summed E-state index contributed by atoms with van der Waals surface area (Å²) in [5.41, 5.74) is 7.06. The minimum atomic E-state index is -0.405. The number of hydrogen-bond donors (Lipinski definition) is 1. The van der Waals surface area contributed by atoms with E-state index in [0.29, 0.717) is 74.5 Å². The molecule has 1 fully saturated rings. The monoisotopic (exact) mass is 623 g/mol. The second-order valence-corrected chi connectivity index (χ2v) is 11.5. The molecule has 1 N–H and O–H groups in total. The average molecular weight is 624 g/mol. The Bertz CT molecular complexity index is 1800. The van der Waals surface area contributed by atoms with Crippen LogP contribution in [0.25, 0.3) is 10.8 Å². The van der Waals surface area contributed by atoms with Crippen molar-refractivity contribution in [2.45, 2.75) is 39.2 Å². The fourth-order valence-electron chi connectivity index (χ4n) is 5.94. The van der Waals surface area contributed by atoms with E-state index >= 15 is 4.39 Å². The number of piperazine rings is 1. The average Bonchev–Trinajstić information content (AvgIpc) is 3.06. The van der Waals surface area contributed by atoms with Crippen molar-refractivity contribution < 1.29 is 23.2 Å². The van der Waals surface area contributed by atoms with E-state index in [9.17, 15) is 18.8 Å². The number of nitrogens with zero attached hydrogens (tertiary/aromatic N) is 4. The zero-order valence-electron chi connectivity index (χ0n) is 25.6. The Morgan fingerprint density at radius 1 is 0.978 bits per heavy atom. The number of carbonyl (C=O) groups is 3. The molecule has 2 amide bonds. The van der Waals surface area contributed by atoms with Crippen molar-refractivity contribution in [1.29, 1.82) is 5.26 Å². The molecular formula is C36H35F2N5O3. The first-order chi connectivity index (χ1) is 22.3. The number of nitriles is 1. The molecule has 1 saturated heterocycles. The summed E-state index contributed by atoms with van der Waals surface area (Å²) >= 11 is 0. The molecule has 0 saturated carbocycles. The number of unbranched alkanes of at least 4 members (excludes halogenated alkanes) is 1. The molecule has 46 heavy (non-hydrogen) atoms. The van der Waals surface area contributed by atoms with Crippen LogP contribution < -0.4 is 15.3 Å². The van der Waals surface area contributed by atoms with Crippen LogP contribution in [0.15, 0.2) is 66.7 Å². The molecule has 1 aliphatic rings. The lowest BCUT2D eigenvalue weighted by Gasteiger charge is -2.36. The van der Waals surface area contributed by atoms with Gasteiger partial charge in [0, 0.05) is 57.4 Å². The van der Waals surface area contributed by atoms with Crippen LogP contribution in [0.2, 0.25) is 0 Å². The molecule has 0 aliphatic carbocycles. The Labute approximate surface area is 266 Å². The number of nitrogens with one attached hydrogen (secondary N) is 1. The third-order valence-electron chi connectivity index (χ3n) is 8.35. The van der Waals surface area contributed by atoms with Gasteiger partial charge in [-0.1, -0.05) is 36.4 Å². The SMILES string of the molecule is Cc1cccc2c(Cc3ccc(CN4CCN(c5ccc(C#N)cc5F)CC4)cc3F)ccc(N(C=O)NC(=O)CCCC=O)c12. The van der Waals surface area contributed by atoms with Crippen LogP contribution in [0.5, 0.6) is 0 Å². The van der Waals surface area contributed by atoms with Crippen molar-refractivity contribution in [2.24, 2.45) is 0 Å². The molecule has 1 heterocycles. The van der Waals surface area contributed by atoms with Gasteiger partial charge < -0.3 is 9.69 Å². The number of aldehydes is 1. The predicted molar refractivity (Wildman–Crippen MR) is 173 cm³/mol. The zero-order chi connectivity index (χ0) is 32.6. The standard InChI is InChI=1S/C36H35F2N5O3/c1-25-5-4-6-30-28(11-13-34(36(25)30)43(24-45)40-35(46)7-2-3-18-44)21-29-10-8-27(20-31(29)37)23-41-14-16-42(17-15-41)33-12-9-26(22-39)19-32(33)38/h4-6,8-13,18-20,24H,2-3,7,14-17,21,23H2,1H3,(H,40,46). The van der Waals surface area contributed by atoms with E-state index in [2.05, 4.69) is 10.3 Å². The first-order valence-corrected chi connectivity index (χ1v) is 15.2. The van der Waals surface area contributed by atoms with Crippen LogP contribution in [0.3, 0.4) is 0 Å². The fourth-order valence-corrected chi connectivity index (χ4v) is 5.94. The topological polar surface area (TPSA) is 96.8 Å². The summed E-state index contributed by atoms with van der Waals surface area (Å²) in [6.07, 6.45) is 2.40. The Kier molecular flexibility index (Phi) is 10.4. The van der Waals surface area contributed by atoms with Gasteiger partial charge in [0.1, 0.15) is 17.9 Å². The number of hydrogen-bond acceptors (Lipinski definition) is 6. The lowest BCUT2D eigenvalue weighted by molar-refractivity contribution is -0.123. The van der Waals surface area contributed by atoms with Gasteiger partial charge >= 0.3 is 0 Å². The van der Waals surface area contributed by atoms with Gasteiger partial charge in [0.2, 0.25) is 12.3 Å². The van der Waals surface area contributed by atoms with Crippen LogP contribution in [0, 0.1) is 29.9 Å². The third kappa shape index (κ3) is 7.38. The van der Waals surface area contributed by atoms with Crippen molar-refractivity contribution >= 4 is 40.8 Å². The largest absolute Gasteiger partial charge is 0.367 e. The van der Waals surface area contributed by atoms with E-state index in [1.807, 2.05) is 48.2 Å². The highest BCUT2D eigenvalue weighted by Gasteiger charge is 2.21. The zero-order valence-corrected chi connectivity index (χ0v) is 25.6. The smallest absolute Gasteiger partial charge is 0.238 e. The number of rotatable bonds is 12. The predicted octanol–water partition coefficient (Wildman–Crippen LogP) is 5.57. The molecule has 236 valence electrons. The van der Waals surface area contributed by atoms with Gasteiger partial charge in [-0.05, 0) is 71.3 Å². The van der Waals surface area contributed by atoms with E-state index in [1.165, 1.54) is 6.07 Å². The molecule has 10 heteroatoms. The van der Waals surface area contributed by atoms with Crippen molar-refractivity contribution in [3.63, 3.8) is 0 Å². The Morgan fingerprint density at radius 3 is 2.46 bits per heavy atom. The maximum Gasteiger partial charge on any atom is 0.238 e. The first-order valence-electron chi connectivity index (χ1n) is 15.2. The summed E-state index contributed by atoms with van der Waals surface area (Å²) in [4.78, 5) is 39.2. The minimum absolute atomic E-state index is 0.113. The van der Waals surface area contributed by atoms with Gasteiger partial charge in [-0.3, -0.25) is 19.9 Å². The number of aryl methyl sites for hydroxylation is 1. The molecule has 0 aromatic heterocycles. The number of benzene rings is 4. The lowest BCUT2D eigenvalue weighted by Crippen LogP contribution is -2.46. The molecule has 1 aliphatic heterocycles. The van der Waals surface area contributed by atoms with E-state index in [4.69, 9.17) is 5.26 Å². The molecule has 0 spiro atoms. The maximum absolute atomic E-state index is 15.5. The summed E-state index contributed by atoms with van der Waals surface area (Å²) in [7, 11) is 0. The van der Waals surface area contributed by atoms with Crippen LogP contribution >= 0.6 is 0 Å². The Balaban J connectivity index is 1.27. The molecule has 0 radical (unpaired) electrons. The van der Waals surface area contributed by atoms with Gasteiger partial charge in [0.05, 0.1) is 23.0 Å². The summed E-state index contributed by atoms with van der Waals surface area (Å²) in [6, 6.07) is 21.1. The van der Waals surface area contributed by atoms with Crippen LogP contribution in [-0.4, -0.2) is 49.7 Å².